The summed E-state index contributed by atoms with van der Waals surface area (Å²) in [4.78, 5) is 10.8. The van der Waals surface area contributed by atoms with E-state index in [0.29, 0.717) is 12.2 Å². The number of hydrogen-bond acceptors (Lipinski definition) is 2. The molecule has 3 heteroatoms. The van der Waals surface area contributed by atoms with E-state index >= 15 is 0 Å². The SMILES string of the molecule is CCCCNC(=O)CCS. The van der Waals surface area contributed by atoms with Crippen LogP contribution < -0.4 is 5.32 Å². The van der Waals surface area contributed by atoms with Gasteiger partial charge >= 0.3 is 0 Å². The Labute approximate surface area is 67.8 Å². The fourth-order valence-corrected chi connectivity index (χ4v) is 0.798. The van der Waals surface area contributed by atoms with Gasteiger partial charge in [-0.2, -0.15) is 12.6 Å². The second kappa shape index (κ2) is 6.93. The van der Waals surface area contributed by atoms with Gasteiger partial charge in [-0.25, -0.2) is 0 Å². The van der Waals surface area contributed by atoms with E-state index in [2.05, 4.69) is 24.9 Å². The van der Waals surface area contributed by atoms with Crippen LogP contribution >= 0.6 is 12.6 Å². The molecule has 0 heterocycles. The van der Waals surface area contributed by atoms with Gasteiger partial charge < -0.3 is 5.32 Å². The summed E-state index contributed by atoms with van der Waals surface area (Å²) in [5.41, 5.74) is 0. The van der Waals surface area contributed by atoms with Crippen LogP contribution in [0, 0.1) is 0 Å². The van der Waals surface area contributed by atoms with Gasteiger partial charge in [0.05, 0.1) is 0 Å². The van der Waals surface area contributed by atoms with E-state index in [9.17, 15) is 4.79 Å². The van der Waals surface area contributed by atoms with Crippen LogP contribution in [0.5, 0.6) is 0 Å². The van der Waals surface area contributed by atoms with Crippen LogP contribution in [0.4, 0.5) is 0 Å². The number of nitrogens with one attached hydrogen (secondary N) is 1. The molecule has 0 aliphatic carbocycles. The molecule has 0 bridgehead atoms. The highest BCUT2D eigenvalue weighted by molar-refractivity contribution is 7.80. The lowest BCUT2D eigenvalue weighted by atomic mass is 10.3. The average molecular weight is 161 g/mol. The van der Waals surface area contributed by atoms with Crippen LogP contribution in [-0.2, 0) is 4.79 Å². The van der Waals surface area contributed by atoms with Crippen molar-refractivity contribution in [2.24, 2.45) is 0 Å². The molecule has 0 spiro atoms. The van der Waals surface area contributed by atoms with Crippen LogP contribution in [0.25, 0.3) is 0 Å². The lowest BCUT2D eigenvalue weighted by Gasteiger charge is -2.00. The van der Waals surface area contributed by atoms with Gasteiger partial charge in [0.2, 0.25) is 5.91 Å². The van der Waals surface area contributed by atoms with Gasteiger partial charge in [0, 0.05) is 13.0 Å². The molecule has 2 nitrogen and oxygen atoms in total. The second-order valence-corrected chi connectivity index (χ2v) is 2.62. The van der Waals surface area contributed by atoms with Crippen molar-refractivity contribution in [3.8, 4) is 0 Å². The van der Waals surface area contributed by atoms with E-state index in [1.165, 1.54) is 0 Å². The first-order chi connectivity index (χ1) is 4.81. The Bertz CT molecular complexity index is 95.6. The van der Waals surface area contributed by atoms with Crippen molar-refractivity contribution >= 4 is 18.5 Å². The standard InChI is InChI=1S/C7H15NOS/c1-2-3-5-8-7(9)4-6-10/h10H,2-6H2,1H3,(H,8,9). The third kappa shape index (κ3) is 5.95. The maximum Gasteiger partial charge on any atom is 0.220 e. The topological polar surface area (TPSA) is 29.1 Å². The smallest absolute Gasteiger partial charge is 0.220 e. The molecule has 1 amide bonds. The zero-order chi connectivity index (χ0) is 7.82. The summed E-state index contributed by atoms with van der Waals surface area (Å²) in [6, 6.07) is 0. The number of amides is 1. The molecule has 0 atom stereocenters. The minimum Gasteiger partial charge on any atom is -0.356 e. The summed E-state index contributed by atoms with van der Waals surface area (Å²) < 4.78 is 0. The van der Waals surface area contributed by atoms with Gasteiger partial charge in [-0.1, -0.05) is 13.3 Å². The highest BCUT2D eigenvalue weighted by Crippen LogP contribution is 1.86. The summed E-state index contributed by atoms with van der Waals surface area (Å²) in [6.45, 7) is 2.91. The molecule has 1 N–H and O–H groups in total. The van der Waals surface area contributed by atoms with Crippen molar-refractivity contribution in [2.45, 2.75) is 26.2 Å². The lowest BCUT2D eigenvalue weighted by molar-refractivity contribution is -0.120. The lowest BCUT2D eigenvalue weighted by Crippen LogP contribution is -2.24. The molecule has 0 saturated heterocycles. The minimum absolute atomic E-state index is 0.114. The van der Waals surface area contributed by atoms with Crippen molar-refractivity contribution in [2.75, 3.05) is 12.3 Å². The molecule has 0 aliphatic heterocycles. The Balaban J connectivity index is 3.05. The fourth-order valence-electron chi connectivity index (χ4n) is 0.595. The highest BCUT2D eigenvalue weighted by atomic mass is 32.1. The Kier molecular flexibility index (Phi) is 6.81. The third-order valence-electron chi connectivity index (χ3n) is 1.19. The van der Waals surface area contributed by atoms with Gasteiger partial charge in [-0.15, -0.1) is 0 Å². The van der Waals surface area contributed by atoms with Gasteiger partial charge in [0.1, 0.15) is 0 Å². The first-order valence-corrected chi connectivity index (χ1v) is 4.32. The summed E-state index contributed by atoms with van der Waals surface area (Å²) in [6.07, 6.45) is 2.73. The van der Waals surface area contributed by atoms with Crippen LogP contribution in [0.15, 0.2) is 0 Å². The molecule has 60 valence electrons. The van der Waals surface area contributed by atoms with Crippen LogP contribution in [-0.4, -0.2) is 18.2 Å². The number of carbonyl (C=O) groups is 1. The van der Waals surface area contributed by atoms with E-state index in [-0.39, 0.29) is 5.91 Å². The zero-order valence-electron chi connectivity index (χ0n) is 6.39. The molecule has 0 aromatic rings. The molecule has 0 radical (unpaired) electrons. The van der Waals surface area contributed by atoms with Crippen molar-refractivity contribution in [1.29, 1.82) is 0 Å². The maximum absolute atomic E-state index is 10.8. The summed E-state index contributed by atoms with van der Waals surface area (Å²) >= 11 is 3.94. The molecule has 0 rings (SSSR count). The zero-order valence-corrected chi connectivity index (χ0v) is 7.29. The largest absolute Gasteiger partial charge is 0.356 e. The molecule has 0 saturated carbocycles. The van der Waals surface area contributed by atoms with Gasteiger partial charge in [0.25, 0.3) is 0 Å². The van der Waals surface area contributed by atoms with E-state index < -0.39 is 0 Å². The first-order valence-electron chi connectivity index (χ1n) is 3.68. The van der Waals surface area contributed by atoms with Crippen molar-refractivity contribution in [3.05, 3.63) is 0 Å². The van der Waals surface area contributed by atoms with E-state index in [1.807, 2.05) is 0 Å². The number of unbranched alkanes of at least 4 members (excludes halogenated alkanes) is 1. The molecule has 10 heavy (non-hydrogen) atoms. The van der Waals surface area contributed by atoms with E-state index in [0.717, 1.165) is 19.4 Å². The maximum atomic E-state index is 10.8. The van der Waals surface area contributed by atoms with Gasteiger partial charge in [-0.3, -0.25) is 4.79 Å². The number of carbonyl (C=O) groups excluding carboxylic acids is 1. The van der Waals surface area contributed by atoms with Gasteiger partial charge in [-0.05, 0) is 12.2 Å². The Morgan fingerprint density at radius 3 is 2.80 bits per heavy atom. The fraction of sp³-hybridized carbons (Fsp3) is 0.857. The monoisotopic (exact) mass is 161 g/mol. The predicted octanol–water partition coefficient (Wildman–Crippen LogP) is 1.22. The molecule has 0 unspecified atom stereocenters. The summed E-state index contributed by atoms with van der Waals surface area (Å²) in [5.74, 6) is 0.751. The first kappa shape index (κ1) is 9.82. The van der Waals surface area contributed by atoms with Crippen molar-refractivity contribution in [1.82, 2.24) is 5.32 Å². The van der Waals surface area contributed by atoms with E-state index in [4.69, 9.17) is 0 Å². The quantitative estimate of drug-likeness (QED) is 0.461. The van der Waals surface area contributed by atoms with Crippen LogP contribution in [0.2, 0.25) is 0 Å². The summed E-state index contributed by atoms with van der Waals surface area (Å²) in [7, 11) is 0. The van der Waals surface area contributed by atoms with Crippen LogP contribution in [0.1, 0.15) is 26.2 Å². The minimum atomic E-state index is 0.114. The Hall–Kier alpha value is -0.180. The molecular formula is C7H15NOS. The Morgan fingerprint density at radius 1 is 1.60 bits per heavy atom. The summed E-state index contributed by atoms with van der Waals surface area (Å²) in [5, 5.41) is 2.80. The molecule has 0 aromatic carbocycles. The van der Waals surface area contributed by atoms with Crippen LogP contribution in [0.3, 0.4) is 0 Å². The number of rotatable bonds is 5. The predicted molar refractivity (Wildman–Crippen MR) is 46.4 cm³/mol. The average Bonchev–Trinajstić information content (AvgIpc) is 1.89. The normalized spacial score (nSPS) is 9.40. The molecular weight excluding hydrogens is 146 g/mol. The van der Waals surface area contributed by atoms with Gasteiger partial charge in [0.15, 0.2) is 0 Å². The van der Waals surface area contributed by atoms with Crippen molar-refractivity contribution in [3.63, 3.8) is 0 Å². The number of thiol groups is 1. The second-order valence-electron chi connectivity index (χ2n) is 2.18. The number of hydrogen-bond donors (Lipinski definition) is 2. The van der Waals surface area contributed by atoms with E-state index in [1.54, 1.807) is 0 Å². The highest BCUT2D eigenvalue weighted by Gasteiger charge is 1.95. The van der Waals surface area contributed by atoms with Crippen molar-refractivity contribution < 1.29 is 4.79 Å². The Morgan fingerprint density at radius 2 is 2.30 bits per heavy atom. The third-order valence-corrected chi connectivity index (χ3v) is 1.41. The molecule has 0 aliphatic rings. The molecule has 0 aromatic heterocycles. The molecule has 0 fully saturated rings.